The lowest BCUT2D eigenvalue weighted by Gasteiger charge is -1.94. The molecule has 0 fully saturated rings. The van der Waals surface area contributed by atoms with Crippen LogP contribution in [-0.2, 0) is 0 Å². The van der Waals surface area contributed by atoms with Crippen LogP contribution < -0.4 is 0 Å². The molecule has 2 nitrogen and oxygen atoms in total. The molecule has 0 bridgehead atoms. The minimum absolute atomic E-state index is 0.392. The summed E-state index contributed by atoms with van der Waals surface area (Å²) in [5.74, 6) is 0. The molecule has 1 N–H and O–H groups in total. The van der Waals surface area contributed by atoms with Gasteiger partial charge in [-0.3, -0.25) is 0 Å². The first-order valence-corrected chi connectivity index (χ1v) is 4.72. The summed E-state index contributed by atoms with van der Waals surface area (Å²) in [4.78, 5) is 6.88. The number of hydrogen-bond acceptors (Lipinski definition) is 1. The number of fused-ring (bicyclic) bond motifs is 1. The molecule has 0 aliphatic rings. The van der Waals surface area contributed by atoms with E-state index in [1.54, 1.807) is 12.3 Å². The molecule has 0 saturated carbocycles. The van der Waals surface area contributed by atoms with Gasteiger partial charge in [-0.15, -0.1) is 0 Å². The molecule has 0 amide bonds. The van der Waals surface area contributed by atoms with Gasteiger partial charge in [0.25, 0.3) is 0 Å². The van der Waals surface area contributed by atoms with Crippen molar-refractivity contribution in [2.24, 2.45) is 0 Å². The monoisotopic (exact) mass is 264 g/mol. The Morgan fingerprint density at radius 3 is 2.92 bits per heavy atom. The van der Waals surface area contributed by atoms with Gasteiger partial charge in [0.2, 0.25) is 0 Å². The van der Waals surface area contributed by atoms with Crippen molar-refractivity contribution in [3.8, 4) is 0 Å². The number of pyridine rings is 1. The van der Waals surface area contributed by atoms with Gasteiger partial charge in [0.05, 0.1) is 5.52 Å². The molecule has 62 valence electrons. The highest BCUT2D eigenvalue weighted by atomic mass is 79.9. The Morgan fingerprint density at radius 1 is 1.42 bits per heavy atom. The minimum Gasteiger partial charge on any atom is -0.358 e. The van der Waals surface area contributed by atoms with Crippen LogP contribution in [0.4, 0.5) is 0 Å². The Balaban J connectivity index is 2.92. The van der Waals surface area contributed by atoms with Crippen molar-refractivity contribution >= 4 is 50.0 Å². The van der Waals surface area contributed by atoms with Crippen LogP contribution in [-0.4, -0.2) is 9.97 Å². The molecule has 0 atom stereocenters. The fourth-order valence-electron chi connectivity index (χ4n) is 1.02. The van der Waals surface area contributed by atoms with Crippen molar-refractivity contribution < 1.29 is 0 Å². The Hall–Kier alpha value is -0.250. The van der Waals surface area contributed by atoms with E-state index in [4.69, 9.17) is 23.2 Å². The zero-order valence-electron chi connectivity index (χ0n) is 5.74. The number of rotatable bonds is 0. The van der Waals surface area contributed by atoms with Crippen molar-refractivity contribution in [2.75, 3.05) is 0 Å². The van der Waals surface area contributed by atoms with Crippen LogP contribution in [0.3, 0.4) is 0 Å². The van der Waals surface area contributed by atoms with E-state index in [0.717, 1.165) is 15.4 Å². The Kier molecular flexibility index (Phi) is 2.02. The zero-order chi connectivity index (χ0) is 8.72. The van der Waals surface area contributed by atoms with E-state index in [1.807, 2.05) is 0 Å². The fraction of sp³-hybridized carbons (Fsp3) is 0. The number of hydrogen-bond donors (Lipinski definition) is 1. The minimum atomic E-state index is 0.392. The van der Waals surface area contributed by atoms with Crippen molar-refractivity contribution in [3.63, 3.8) is 0 Å². The average molecular weight is 266 g/mol. The highest BCUT2D eigenvalue weighted by molar-refractivity contribution is 9.10. The van der Waals surface area contributed by atoms with Crippen molar-refractivity contribution in [1.29, 1.82) is 0 Å². The van der Waals surface area contributed by atoms with E-state index in [1.165, 1.54) is 0 Å². The first-order chi connectivity index (χ1) is 5.68. The zero-order valence-corrected chi connectivity index (χ0v) is 8.83. The molecular formula is C7H3BrCl2N2. The van der Waals surface area contributed by atoms with E-state index in [0.29, 0.717) is 10.3 Å². The van der Waals surface area contributed by atoms with Crippen LogP contribution in [0.15, 0.2) is 16.7 Å². The third kappa shape index (κ3) is 1.22. The topological polar surface area (TPSA) is 28.7 Å². The maximum atomic E-state index is 5.83. The second-order valence-corrected chi connectivity index (χ2v) is 3.89. The molecule has 2 rings (SSSR count). The molecule has 12 heavy (non-hydrogen) atoms. The molecule has 2 aromatic rings. The smallest absolute Gasteiger partial charge is 0.154 e. The highest BCUT2D eigenvalue weighted by Crippen LogP contribution is 2.29. The SMILES string of the molecule is Clc1cc2c(Br)c[nH]c2c(Cl)n1. The molecular weight excluding hydrogens is 263 g/mol. The van der Waals surface area contributed by atoms with Crippen LogP contribution in [0, 0.1) is 0 Å². The van der Waals surface area contributed by atoms with Gasteiger partial charge in [-0.05, 0) is 22.0 Å². The number of halogens is 3. The maximum absolute atomic E-state index is 5.83. The van der Waals surface area contributed by atoms with E-state index in [2.05, 4.69) is 25.9 Å². The van der Waals surface area contributed by atoms with E-state index >= 15 is 0 Å². The Bertz CT molecular complexity index is 438. The number of nitrogens with one attached hydrogen (secondary N) is 1. The summed E-state index contributed by atoms with van der Waals surface area (Å²) < 4.78 is 0.934. The molecule has 2 aromatic heterocycles. The molecule has 0 spiro atoms. The van der Waals surface area contributed by atoms with Crippen molar-refractivity contribution in [2.45, 2.75) is 0 Å². The van der Waals surface area contributed by atoms with E-state index in [9.17, 15) is 0 Å². The summed E-state index contributed by atoms with van der Waals surface area (Å²) in [5, 5.41) is 1.73. The number of H-pyrrole nitrogens is 1. The quantitative estimate of drug-likeness (QED) is 0.724. The second-order valence-electron chi connectivity index (χ2n) is 2.29. The van der Waals surface area contributed by atoms with Crippen molar-refractivity contribution in [3.05, 3.63) is 27.0 Å². The van der Waals surface area contributed by atoms with Gasteiger partial charge in [-0.1, -0.05) is 23.2 Å². The molecule has 0 radical (unpaired) electrons. The maximum Gasteiger partial charge on any atom is 0.154 e. The lowest BCUT2D eigenvalue weighted by Crippen LogP contribution is -1.78. The van der Waals surface area contributed by atoms with Crippen LogP contribution in [0.2, 0.25) is 10.3 Å². The van der Waals surface area contributed by atoms with Crippen molar-refractivity contribution in [1.82, 2.24) is 9.97 Å². The third-order valence-electron chi connectivity index (χ3n) is 1.54. The average Bonchev–Trinajstić information content (AvgIpc) is 2.33. The van der Waals surface area contributed by atoms with Gasteiger partial charge in [-0.2, -0.15) is 0 Å². The Labute approximate surface area is 87.0 Å². The summed E-state index contributed by atoms with van der Waals surface area (Å²) in [5.41, 5.74) is 0.799. The van der Waals surface area contributed by atoms with Gasteiger partial charge in [0.15, 0.2) is 5.15 Å². The normalized spacial score (nSPS) is 10.9. The van der Waals surface area contributed by atoms with Gasteiger partial charge in [0, 0.05) is 16.1 Å². The molecule has 0 aliphatic heterocycles. The van der Waals surface area contributed by atoms with Crippen LogP contribution in [0.1, 0.15) is 0 Å². The van der Waals surface area contributed by atoms with E-state index < -0.39 is 0 Å². The third-order valence-corrected chi connectivity index (χ3v) is 2.67. The van der Waals surface area contributed by atoms with E-state index in [-0.39, 0.29) is 0 Å². The predicted octanol–water partition coefficient (Wildman–Crippen LogP) is 3.63. The molecule has 0 unspecified atom stereocenters. The lowest BCUT2D eigenvalue weighted by molar-refractivity contribution is 1.34. The second kappa shape index (κ2) is 2.91. The molecule has 0 aliphatic carbocycles. The largest absolute Gasteiger partial charge is 0.358 e. The summed E-state index contributed by atoms with van der Waals surface area (Å²) >= 11 is 14.9. The summed E-state index contributed by atoms with van der Waals surface area (Å²) in [6, 6.07) is 1.75. The molecule has 0 saturated heterocycles. The summed E-state index contributed by atoms with van der Waals surface area (Å²) in [6.45, 7) is 0. The lowest BCUT2D eigenvalue weighted by atomic mass is 10.3. The van der Waals surface area contributed by atoms with Crippen LogP contribution in [0.25, 0.3) is 10.9 Å². The predicted molar refractivity (Wildman–Crippen MR) is 53.8 cm³/mol. The van der Waals surface area contributed by atoms with Crippen LogP contribution in [0.5, 0.6) is 0 Å². The molecule has 2 heterocycles. The van der Waals surface area contributed by atoms with Gasteiger partial charge < -0.3 is 4.98 Å². The fourth-order valence-corrected chi connectivity index (χ4v) is 1.93. The molecule has 5 heteroatoms. The van der Waals surface area contributed by atoms with Gasteiger partial charge >= 0.3 is 0 Å². The number of aromatic nitrogens is 2. The van der Waals surface area contributed by atoms with Gasteiger partial charge in [-0.25, -0.2) is 4.98 Å². The number of aromatic amines is 1. The molecule has 0 aromatic carbocycles. The van der Waals surface area contributed by atoms with Crippen LogP contribution >= 0.6 is 39.1 Å². The van der Waals surface area contributed by atoms with Gasteiger partial charge in [0.1, 0.15) is 5.15 Å². The Morgan fingerprint density at radius 2 is 2.17 bits per heavy atom. The summed E-state index contributed by atoms with van der Waals surface area (Å²) in [7, 11) is 0. The first-order valence-electron chi connectivity index (χ1n) is 3.17. The summed E-state index contributed by atoms with van der Waals surface area (Å²) in [6.07, 6.45) is 1.80. The number of nitrogens with zero attached hydrogens (tertiary/aromatic N) is 1. The first kappa shape index (κ1) is 8.35. The standard InChI is InChI=1S/C7H3BrCl2N2/c8-4-2-11-6-3(4)1-5(9)12-7(6)10/h1-2,11H. The highest BCUT2D eigenvalue weighted by Gasteiger charge is 2.06.